The van der Waals surface area contributed by atoms with Crippen molar-refractivity contribution in [3.63, 3.8) is 0 Å². The molecule has 0 fully saturated rings. The number of rotatable bonds is 4. The van der Waals surface area contributed by atoms with E-state index in [1.165, 1.54) is 0 Å². The molecule has 0 atom stereocenters. The van der Waals surface area contributed by atoms with Crippen molar-refractivity contribution in [3.8, 4) is 0 Å². The largest absolute Gasteiger partial charge is 0.480 e. The van der Waals surface area contributed by atoms with Crippen LogP contribution < -0.4 is 16.0 Å². The van der Waals surface area contributed by atoms with Gasteiger partial charge in [-0.15, -0.1) is 0 Å². The summed E-state index contributed by atoms with van der Waals surface area (Å²) < 4.78 is 2.51. The molecule has 0 aliphatic carbocycles. The smallest absolute Gasteiger partial charge is 0.323 e. The van der Waals surface area contributed by atoms with Crippen molar-refractivity contribution in [2.24, 2.45) is 5.73 Å². The molecule has 0 saturated carbocycles. The molecular weight excluding hydrogens is 591 g/mol. The second-order valence-corrected chi connectivity index (χ2v) is 6.85. The van der Waals surface area contributed by atoms with E-state index >= 15 is 0 Å². The van der Waals surface area contributed by atoms with E-state index in [1.807, 2.05) is 6.07 Å². The van der Waals surface area contributed by atoms with E-state index in [2.05, 4.69) is 73.1 Å². The Kier molecular flexibility index (Phi) is 6.35. The van der Waals surface area contributed by atoms with Crippen molar-refractivity contribution in [1.29, 1.82) is 0 Å². The Hall–Kier alpha value is -0.0500. The minimum absolute atomic E-state index is 0.467. The van der Waals surface area contributed by atoms with Crippen LogP contribution in [0, 0.1) is 10.7 Å². The molecule has 0 bridgehead atoms. The summed E-state index contributed by atoms with van der Waals surface area (Å²) >= 11 is 6.30. The maximum absolute atomic E-state index is 11.5. The Balaban J connectivity index is 3.46. The molecule has 0 unspecified atom stereocenters. The zero-order chi connectivity index (χ0) is 14.7. The van der Waals surface area contributed by atoms with Gasteiger partial charge in [0.15, 0.2) is 0 Å². The molecular formula is C10H10I3N3O3. The Morgan fingerprint density at radius 3 is 2.37 bits per heavy atom. The van der Waals surface area contributed by atoms with Crippen LogP contribution in [0.25, 0.3) is 0 Å². The molecule has 6 nitrogen and oxygen atoms in total. The highest BCUT2D eigenvalue weighted by Crippen LogP contribution is 2.37. The normalized spacial score (nSPS) is 10.1. The molecule has 9 heteroatoms. The Bertz CT molecular complexity index is 536. The van der Waals surface area contributed by atoms with Crippen LogP contribution in [0.15, 0.2) is 6.07 Å². The molecule has 0 aliphatic rings. The summed E-state index contributed by atoms with van der Waals surface area (Å²) in [5, 5.41) is 11.9. The molecule has 0 aromatic heterocycles. The average Bonchev–Trinajstić information content (AvgIpc) is 2.26. The predicted octanol–water partition coefficient (Wildman–Crippen LogP) is 2.51. The number of carbonyl (C=O) groups is 2. The van der Waals surface area contributed by atoms with E-state index in [1.54, 1.807) is 7.05 Å². The van der Waals surface area contributed by atoms with Gasteiger partial charge in [-0.3, -0.25) is 9.69 Å². The Morgan fingerprint density at radius 1 is 1.37 bits per heavy atom. The van der Waals surface area contributed by atoms with Gasteiger partial charge in [0.2, 0.25) is 0 Å². The van der Waals surface area contributed by atoms with Crippen LogP contribution in [0.5, 0.6) is 0 Å². The number of urea groups is 1. The van der Waals surface area contributed by atoms with Gasteiger partial charge in [0.25, 0.3) is 0 Å². The molecule has 2 amide bonds. The molecule has 1 aromatic rings. The van der Waals surface area contributed by atoms with Crippen molar-refractivity contribution < 1.29 is 14.7 Å². The highest BCUT2D eigenvalue weighted by atomic mass is 127. The fourth-order valence-corrected chi connectivity index (χ4v) is 5.95. The number of carbonyl (C=O) groups excluding carboxylic acids is 1. The van der Waals surface area contributed by atoms with Crippen LogP contribution in [0.3, 0.4) is 0 Å². The summed E-state index contributed by atoms with van der Waals surface area (Å²) in [6, 6.07) is 1.07. The third kappa shape index (κ3) is 3.96. The van der Waals surface area contributed by atoms with Crippen molar-refractivity contribution in [2.75, 3.05) is 23.8 Å². The molecule has 1 aromatic carbocycles. The average molecular weight is 601 g/mol. The molecule has 104 valence electrons. The molecule has 0 spiro atoms. The Labute approximate surface area is 150 Å². The number of carboxylic acid groups (broad SMARTS) is 1. The van der Waals surface area contributed by atoms with Gasteiger partial charge in [-0.2, -0.15) is 0 Å². The second-order valence-electron chi connectivity index (χ2n) is 3.45. The number of anilines is 2. The third-order valence-electron chi connectivity index (χ3n) is 2.23. The molecule has 0 aliphatic heterocycles. The second kappa shape index (κ2) is 7.10. The SMILES string of the molecule is CNc1c(I)cc(I)c(N(CC(=O)O)C(N)=O)c1I. The first kappa shape index (κ1) is 17.0. The minimum Gasteiger partial charge on any atom is -0.480 e. The van der Waals surface area contributed by atoms with Crippen LogP contribution in [0.1, 0.15) is 0 Å². The number of benzene rings is 1. The summed E-state index contributed by atoms with van der Waals surface area (Å²) in [7, 11) is 1.77. The van der Waals surface area contributed by atoms with Gasteiger partial charge in [0.1, 0.15) is 6.54 Å². The van der Waals surface area contributed by atoms with E-state index in [-0.39, 0.29) is 0 Å². The molecule has 4 N–H and O–H groups in total. The quantitative estimate of drug-likeness (QED) is 0.463. The van der Waals surface area contributed by atoms with Crippen LogP contribution in [-0.2, 0) is 4.79 Å². The molecule has 0 radical (unpaired) electrons. The van der Waals surface area contributed by atoms with Gasteiger partial charge < -0.3 is 16.2 Å². The maximum atomic E-state index is 11.5. The predicted molar refractivity (Wildman–Crippen MR) is 98.7 cm³/mol. The number of primary amides is 1. The van der Waals surface area contributed by atoms with E-state index in [0.29, 0.717) is 5.69 Å². The monoisotopic (exact) mass is 601 g/mol. The lowest BCUT2D eigenvalue weighted by Gasteiger charge is -2.23. The van der Waals surface area contributed by atoms with E-state index in [4.69, 9.17) is 10.8 Å². The van der Waals surface area contributed by atoms with Gasteiger partial charge in [0.05, 0.1) is 14.9 Å². The van der Waals surface area contributed by atoms with Crippen molar-refractivity contribution >= 4 is 91.1 Å². The number of hydrogen-bond donors (Lipinski definition) is 3. The van der Waals surface area contributed by atoms with Gasteiger partial charge >= 0.3 is 12.0 Å². The number of aliphatic carboxylic acids is 1. The molecule has 1 rings (SSSR count). The number of amides is 2. The van der Waals surface area contributed by atoms with Crippen LogP contribution >= 0.6 is 67.8 Å². The zero-order valence-corrected chi connectivity index (χ0v) is 16.2. The van der Waals surface area contributed by atoms with Crippen LogP contribution in [-0.4, -0.2) is 30.7 Å². The lowest BCUT2D eigenvalue weighted by Crippen LogP contribution is -2.40. The highest BCUT2D eigenvalue weighted by molar-refractivity contribution is 14.1. The van der Waals surface area contributed by atoms with Gasteiger partial charge in [-0.05, 0) is 73.8 Å². The fourth-order valence-electron chi connectivity index (χ4n) is 1.46. The maximum Gasteiger partial charge on any atom is 0.323 e. The topological polar surface area (TPSA) is 95.7 Å². The summed E-state index contributed by atoms with van der Waals surface area (Å²) in [5.74, 6) is -1.12. The number of nitrogens with zero attached hydrogens (tertiary/aromatic N) is 1. The number of carboxylic acids is 1. The lowest BCUT2D eigenvalue weighted by molar-refractivity contribution is -0.135. The van der Waals surface area contributed by atoms with Crippen LogP contribution in [0.2, 0.25) is 0 Å². The van der Waals surface area contributed by atoms with Gasteiger partial charge in [-0.1, -0.05) is 0 Å². The number of halogens is 3. The summed E-state index contributed by atoms with van der Waals surface area (Å²) in [4.78, 5) is 23.4. The fraction of sp³-hybridized carbons (Fsp3) is 0.200. The van der Waals surface area contributed by atoms with E-state index in [0.717, 1.165) is 21.3 Å². The lowest BCUT2D eigenvalue weighted by atomic mass is 10.2. The summed E-state index contributed by atoms with van der Waals surface area (Å²) in [6.45, 7) is -0.467. The summed E-state index contributed by atoms with van der Waals surface area (Å²) in [5.41, 5.74) is 6.63. The first-order valence-electron chi connectivity index (χ1n) is 4.93. The molecule has 0 heterocycles. The van der Waals surface area contributed by atoms with E-state index in [9.17, 15) is 9.59 Å². The number of nitrogens with two attached hydrogens (primary N) is 1. The first-order valence-corrected chi connectivity index (χ1v) is 8.17. The standard InChI is InChI=1S/C10H10I3N3O3/c1-15-8-4(11)2-5(12)9(7(8)13)16(10(14)19)3-6(17)18/h2,15H,3H2,1H3,(H2,14,19)(H,17,18). The number of nitrogens with one attached hydrogen (secondary N) is 1. The molecule has 19 heavy (non-hydrogen) atoms. The zero-order valence-electron chi connectivity index (χ0n) is 9.71. The van der Waals surface area contributed by atoms with Crippen LogP contribution in [0.4, 0.5) is 16.2 Å². The van der Waals surface area contributed by atoms with E-state index < -0.39 is 18.5 Å². The first-order chi connectivity index (χ1) is 8.79. The highest BCUT2D eigenvalue weighted by Gasteiger charge is 2.24. The van der Waals surface area contributed by atoms with Crippen molar-refractivity contribution in [1.82, 2.24) is 0 Å². The third-order valence-corrected chi connectivity index (χ3v) is 4.95. The number of hydrogen-bond acceptors (Lipinski definition) is 3. The van der Waals surface area contributed by atoms with Gasteiger partial charge in [-0.25, -0.2) is 4.79 Å². The Morgan fingerprint density at radius 2 is 1.95 bits per heavy atom. The molecule has 0 saturated heterocycles. The van der Waals surface area contributed by atoms with Gasteiger partial charge in [0, 0.05) is 14.2 Å². The minimum atomic E-state index is -1.12. The summed E-state index contributed by atoms with van der Waals surface area (Å²) in [6.07, 6.45) is 0. The van der Waals surface area contributed by atoms with Crippen molar-refractivity contribution in [3.05, 3.63) is 16.8 Å². The van der Waals surface area contributed by atoms with Crippen molar-refractivity contribution in [2.45, 2.75) is 0 Å².